The Labute approximate surface area is 194 Å². The molecule has 2 heterocycles. The number of benzene rings is 1. The molecule has 1 aromatic carbocycles. The number of nitrogens with one attached hydrogen (secondary N) is 2. The van der Waals surface area contributed by atoms with Gasteiger partial charge in [-0.1, -0.05) is 6.92 Å². The van der Waals surface area contributed by atoms with Crippen LogP contribution >= 0.6 is 0 Å². The Balaban J connectivity index is 1.84. The molecular weight excluding hydrogens is 422 g/mol. The molecule has 1 atom stereocenters. The van der Waals surface area contributed by atoms with Crippen LogP contribution in [0.3, 0.4) is 0 Å². The van der Waals surface area contributed by atoms with Crippen molar-refractivity contribution in [2.24, 2.45) is 0 Å². The number of carbonyl (C=O) groups excluding carboxylic acids is 2. The summed E-state index contributed by atoms with van der Waals surface area (Å²) in [4.78, 5) is 49.3. The molecule has 178 valence electrons. The molecule has 0 aliphatic carbocycles. The quantitative estimate of drug-likeness (QED) is 0.659. The third-order valence-corrected chi connectivity index (χ3v) is 5.89. The first kappa shape index (κ1) is 24.4. The van der Waals surface area contributed by atoms with Gasteiger partial charge in [0.15, 0.2) is 0 Å². The smallest absolute Gasteiger partial charge is 0.254 e. The van der Waals surface area contributed by atoms with Crippen LogP contribution in [0.5, 0.6) is 5.75 Å². The summed E-state index contributed by atoms with van der Waals surface area (Å²) >= 11 is 0. The van der Waals surface area contributed by atoms with Crippen LogP contribution in [0.1, 0.15) is 41.9 Å². The van der Waals surface area contributed by atoms with E-state index in [0.717, 1.165) is 19.5 Å². The molecule has 1 fully saturated rings. The van der Waals surface area contributed by atoms with Gasteiger partial charge in [0.05, 0.1) is 12.2 Å². The lowest BCUT2D eigenvalue weighted by atomic mass is 10.1. The number of nitrogens with zero attached hydrogens (tertiary/aromatic N) is 3. The summed E-state index contributed by atoms with van der Waals surface area (Å²) < 4.78 is 5.83. The van der Waals surface area contributed by atoms with Gasteiger partial charge in [0, 0.05) is 43.0 Å². The SMILES string of the molecule is CCCOc1ccc(C(=O)NC(C)C(=O)N2CCN(C)CC2)cc1-c1nc(C)c(C)c(=O)[nH]1. The van der Waals surface area contributed by atoms with E-state index in [1.165, 1.54) is 0 Å². The van der Waals surface area contributed by atoms with Crippen LogP contribution in [0, 0.1) is 13.8 Å². The van der Waals surface area contributed by atoms with E-state index in [4.69, 9.17) is 4.74 Å². The number of hydrogen-bond acceptors (Lipinski definition) is 6. The van der Waals surface area contributed by atoms with Crippen molar-refractivity contribution < 1.29 is 14.3 Å². The van der Waals surface area contributed by atoms with Crippen LogP contribution in [0.2, 0.25) is 0 Å². The summed E-state index contributed by atoms with van der Waals surface area (Å²) in [5, 5.41) is 2.80. The number of hydrogen-bond donors (Lipinski definition) is 2. The van der Waals surface area contributed by atoms with E-state index < -0.39 is 6.04 Å². The monoisotopic (exact) mass is 455 g/mol. The van der Waals surface area contributed by atoms with Crippen LogP contribution in [0.4, 0.5) is 0 Å². The van der Waals surface area contributed by atoms with Gasteiger partial charge in [-0.05, 0) is 52.4 Å². The Kier molecular flexibility index (Phi) is 7.86. The second kappa shape index (κ2) is 10.6. The number of aromatic amines is 1. The lowest BCUT2D eigenvalue weighted by Crippen LogP contribution is -2.53. The third kappa shape index (κ3) is 5.78. The van der Waals surface area contributed by atoms with E-state index >= 15 is 0 Å². The molecule has 1 aliphatic rings. The van der Waals surface area contributed by atoms with Gasteiger partial charge in [0.2, 0.25) is 5.91 Å². The van der Waals surface area contributed by atoms with E-state index in [0.29, 0.717) is 53.7 Å². The Morgan fingerprint density at radius 3 is 2.55 bits per heavy atom. The van der Waals surface area contributed by atoms with Crippen molar-refractivity contribution in [3.63, 3.8) is 0 Å². The number of aromatic nitrogens is 2. The van der Waals surface area contributed by atoms with E-state index in [1.807, 2.05) is 14.0 Å². The van der Waals surface area contributed by atoms with Crippen LogP contribution in [-0.2, 0) is 4.79 Å². The van der Waals surface area contributed by atoms with Gasteiger partial charge in [0.25, 0.3) is 11.5 Å². The molecule has 2 N–H and O–H groups in total. The van der Waals surface area contributed by atoms with Crippen LogP contribution in [0.25, 0.3) is 11.4 Å². The molecule has 9 nitrogen and oxygen atoms in total. The molecule has 1 unspecified atom stereocenters. The minimum atomic E-state index is -0.653. The topological polar surface area (TPSA) is 108 Å². The third-order valence-electron chi connectivity index (χ3n) is 5.89. The number of amides is 2. The van der Waals surface area contributed by atoms with Gasteiger partial charge in [0.1, 0.15) is 17.6 Å². The largest absolute Gasteiger partial charge is 0.493 e. The molecule has 3 rings (SSSR count). The zero-order valence-corrected chi connectivity index (χ0v) is 20.0. The summed E-state index contributed by atoms with van der Waals surface area (Å²) in [5.74, 6) is 0.394. The molecule has 2 amide bonds. The molecule has 1 aliphatic heterocycles. The molecule has 1 saturated heterocycles. The first-order valence-electron chi connectivity index (χ1n) is 11.3. The molecule has 9 heteroatoms. The molecule has 0 radical (unpaired) electrons. The van der Waals surface area contributed by atoms with E-state index in [2.05, 4.69) is 20.2 Å². The number of aryl methyl sites for hydroxylation is 1. The van der Waals surface area contributed by atoms with Crippen molar-refractivity contribution in [3.05, 3.63) is 45.4 Å². The predicted octanol–water partition coefficient (Wildman–Crippen LogP) is 1.73. The zero-order valence-electron chi connectivity index (χ0n) is 20.0. The fourth-order valence-electron chi connectivity index (χ4n) is 3.61. The van der Waals surface area contributed by atoms with Gasteiger partial charge in [-0.25, -0.2) is 4.98 Å². The first-order valence-corrected chi connectivity index (χ1v) is 11.3. The number of likely N-dealkylation sites (N-methyl/N-ethyl adjacent to an activating group) is 1. The normalized spacial score (nSPS) is 15.2. The van der Waals surface area contributed by atoms with Crippen LogP contribution in [0.15, 0.2) is 23.0 Å². The maximum Gasteiger partial charge on any atom is 0.254 e. The highest BCUT2D eigenvalue weighted by Crippen LogP contribution is 2.29. The summed E-state index contributed by atoms with van der Waals surface area (Å²) in [6.07, 6.45) is 0.810. The summed E-state index contributed by atoms with van der Waals surface area (Å²) in [6, 6.07) is 4.33. The van der Waals surface area contributed by atoms with Crippen molar-refractivity contribution in [2.75, 3.05) is 39.8 Å². The van der Waals surface area contributed by atoms with Crippen molar-refractivity contribution in [2.45, 2.75) is 40.2 Å². The van der Waals surface area contributed by atoms with Crippen molar-refractivity contribution in [3.8, 4) is 17.1 Å². The van der Waals surface area contributed by atoms with Crippen molar-refractivity contribution in [1.29, 1.82) is 0 Å². The van der Waals surface area contributed by atoms with Crippen LogP contribution in [-0.4, -0.2) is 77.5 Å². The van der Waals surface area contributed by atoms with E-state index in [1.54, 1.807) is 43.9 Å². The summed E-state index contributed by atoms with van der Waals surface area (Å²) in [6.45, 7) is 10.6. The molecule has 1 aromatic heterocycles. The maximum absolute atomic E-state index is 13.0. The standard InChI is InChI=1S/C24H33N5O4/c1-6-13-33-20-8-7-18(14-19(20)21-25-16(3)15(2)22(30)27-21)23(31)26-17(4)24(32)29-11-9-28(5)10-12-29/h7-8,14,17H,6,9-13H2,1-5H3,(H,26,31)(H,25,27,30). The molecule has 33 heavy (non-hydrogen) atoms. The molecule has 0 saturated carbocycles. The zero-order chi connectivity index (χ0) is 24.1. The lowest BCUT2D eigenvalue weighted by Gasteiger charge is -2.34. The molecule has 0 spiro atoms. The molecule has 0 bridgehead atoms. The Morgan fingerprint density at radius 1 is 1.21 bits per heavy atom. The van der Waals surface area contributed by atoms with E-state index in [-0.39, 0.29) is 17.4 Å². The average Bonchev–Trinajstić information content (AvgIpc) is 2.80. The number of H-pyrrole nitrogens is 1. The highest BCUT2D eigenvalue weighted by molar-refractivity contribution is 5.98. The summed E-state index contributed by atoms with van der Waals surface area (Å²) in [7, 11) is 2.02. The maximum atomic E-state index is 13.0. The summed E-state index contributed by atoms with van der Waals surface area (Å²) in [5.41, 5.74) is 1.79. The van der Waals surface area contributed by atoms with Gasteiger partial charge in [-0.15, -0.1) is 0 Å². The fraction of sp³-hybridized carbons (Fsp3) is 0.500. The molecular formula is C24H33N5O4. The van der Waals surface area contributed by atoms with Crippen molar-refractivity contribution >= 4 is 11.8 Å². The number of carbonyl (C=O) groups is 2. The highest BCUT2D eigenvalue weighted by atomic mass is 16.5. The Morgan fingerprint density at radius 2 is 1.91 bits per heavy atom. The van der Waals surface area contributed by atoms with Gasteiger partial charge in [-0.2, -0.15) is 0 Å². The average molecular weight is 456 g/mol. The first-order chi connectivity index (χ1) is 15.7. The Bertz CT molecular complexity index is 1070. The number of ether oxygens (including phenoxy) is 1. The minimum Gasteiger partial charge on any atom is -0.493 e. The van der Waals surface area contributed by atoms with Crippen molar-refractivity contribution in [1.82, 2.24) is 25.1 Å². The Hall–Kier alpha value is -3.20. The predicted molar refractivity (Wildman–Crippen MR) is 127 cm³/mol. The minimum absolute atomic E-state index is 0.0975. The highest BCUT2D eigenvalue weighted by Gasteiger charge is 2.25. The van der Waals surface area contributed by atoms with Gasteiger partial charge >= 0.3 is 0 Å². The second-order valence-corrected chi connectivity index (χ2v) is 8.51. The van der Waals surface area contributed by atoms with E-state index in [9.17, 15) is 14.4 Å². The number of rotatable bonds is 7. The lowest BCUT2D eigenvalue weighted by molar-refractivity contribution is -0.134. The van der Waals surface area contributed by atoms with Gasteiger partial charge < -0.3 is 24.8 Å². The molecule has 2 aromatic rings. The number of piperazine rings is 1. The van der Waals surface area contributed by atoms with Crippen LogP contribution < -0.4 is 15.6 Å². The van der Waals surface area contributed by atoms with Gasteiger partial charge in [-0.3, -0.25) is 14.4 Å². The second-order valence-electron chi connectivity index (χ2n) is 8.51. The fourth-order valence-corrected chi connectivity index (χ4v) is 3.61.